The van der Waals surface area contributed by atoms with Gasteiger partial charge >= 0.3 is 5.97 Å². The summed E-state index contributed by atoms with van der Waals surface area (Å²) in [6.07, 6.45) is 1.45. The second-order valence-electron chi connectivity index (χ2n) is 3.00. The van der Waals surface area contributed by atoms with Crippen molar-refractivity contribution in [3.05, 3.63) is 28.0 Å². The molecule has 0 unspecified atom stereocenters. The highest BCUT2D eigenvalue weighted by atomic mass is 35.5. The Balaban J connectivity index is 2.57. The molecule has 6 nitrogen and oxygen atoms in total. The van der Waals surface area contributed by atoms with Gasteiger partial charge in [-0.1, -0.05) is 23.2 Å². The van der Waals surface area contributed by atoms with Crippen LogP contribution in [0.1, 0.15) is 10.5 Å². The number of pyridine rings is 1. The van der Waals surface area contributed by atoms with Crippen molar-refractivity contribution in [2.24, 2.45) is 0 Å². The number of esters is 1. The lowest BCUT2D eigenvalue weighted by Gasteiger charge is -2.05. The average molecular weight is 273 g/mol. The number of aromatic nitrogens is 4. The molecule has 0 aliphatic rings. The fourth-order valence-corrected chi connectivity index (χ4v) is 1.55. The zero-order valence-electron chi connectivity index (χ0n) is 8.57. The maximum absolute atomic E-state index is 11.4. The highest BCUT2D eigenvalue weighted by Gasteiger charge is 2.18. The van der Waals surface area contributed by atoms with E-state index in [-0.39, 0.29) is 15.7 Å². The van der Waals surface area contributed by atoms with Gasteiger partial charge < -0.3 is 4.74 Å². The Morgan fingerprint density at radius 2 is 2.18 bits per heavy atom. The molecule has 0 saturated carbocycles. The number of nitrogens with zero attached hydrogens (tertiary/aromatic N) is 3. The van der Waals surface area contributed by atoms with Gasteiger partial charge in [-0.3, -0.25) is 0 Å². The molecule has 0 aromatic carbocycles. The van der Waals surface area contributed by atoms with Crippen LogP contribution >= 0.6 is 23.2 Å². The summed E-state index contributed by atoms with van der Waals surface area (Å²) in [5, 5.41) is 10.1. The summed E-state index contributed by atoms with van der Waals surface area (Å²) >= 11 is 11.8. The molecular weight excluding hydrogens is 267 g/mol. The van der Waals surface area contributed by atoms with Crippen molar-refractivity contribution in [3.8, 4) is 11.4 Å². The topological polar surface area (TPSA) is 80.8 Å². The molecule has 2 rings (SSSR count). The first-order valence-electron chi connectivity index (χ1n) is 4.44. The van der Waals surface area contributed by atoms with Gasteiger partial charge in [-0.2, -0.15) is 15.4 Å². The smallest absolute Gasteiger partial charge is 0.358 e. The molecular formula is C9H6Cl2N4O2. The molecule has 0 radical (unpaired) electrons. The summed E-state index contributed by atoms with van der Waals surface area (Å²) in [4.78, 5) is 15.5. The Hall–Kier alpha value is -1.66. The molecule has 0 fully saturated rings. The summed E-state index contributed by atoms with van der Waals surface area (Å²) in [5.41, 5.74) is 0.780. The van der Waals surface area contributed by atoms with E-state index < -0.39 is 5.97 Å². The zero-order chi connectivity index (χ0) is 12.4. The highest BCUT2D eigenvalue weighted by Crippen LogP contribution is 2.29. The monoisotopic (exact) mass is 272 g/mol. The largest absolute Gasteiger partial charge is 0.464 e. The number of nitrogens with one attached hydrogen (secondary N) is 1. The van der Waals surface area contributed by atoms with Crippen molar-refractivity contribution in [2.45, 2.75) is 0 Å². The van der Waals surface area contributed by atoms with Gasteiger partial charge in [0.05, 0.1) is 29.0 Å². The minimum absolute atomic E-state index is 0.0470. The molecule has 0 amide bonds. The molecule has 0 aliphatic heterocycles. The van der Waals surface area contributed by atoms with Gasteiger partial charge in [-0.15, -0.1) is 0 Å². The number of H-pyrrole nitrogens is 1. The summed E-state index contributed by atoms with van der Waals surface area (Å²) < 4.78 is 4.56. The van der Waals surface area contributed by atoms with Crippen molar-refractivity contribution >= 4 is 29.2 Å². The van der Waals surface area contributed by atoms with E-state index in [9.17, 15) is 4.79 Å². The number of methoxy groups -OCH3 is 1. The Labute approximate surface area is 106 Å². The molecule has 2 aromatic heterocycles. The van der Waals surface area contributed by atoms with Crippen LogP contribution in [0, 0.1) is 0 Å². The van der Waals surface area contributed by atoms with E-state index in [0.29, 0.717) is 11.4 Å². The van der Waals surface area contributed by atoms with Gasteiger partial charge in [0.25, 0.3) is 0 Å². The van der Waals surface area contributed by atoms with E-state index in [1.807, 2.05) is 0 Å². The van der Waals surface area contributed by atoms with E-state index in [4.69, 9.17) is 23.2 Å². The Bertz CT molecular complexity index is 556. The molecule has 0 bridgehead atoms. The maximum Gasteiger partial charge on any atom is 0.358 e. The Morgan fingerprint density at radius 1 is 1.41 bits per heavy atom. The van der Waals surface area contributed by atoms with Crippen molar-refractivity contribution in [3.63, 3.8) is 0 Å². The average Bonchev–Trinajstić information content (AvgIpc) is 2.85. The molecule has 0 aliphatic carbocycles. The molecule has 8 heteroatoms. The number of carbonyl (C=O) groups is 1. The van der Waals surface area contributed by atoms with Crippen LogP contribution in [0.5, 0.6) is 0 Å². The third-order valence-corrected chi connectivity index (χ3v) is 2.75. The Kier molecular flexibility index (Phi) is 3.26. The minimum Gasteiger partial charge on any atom is -0.464 e. The molecule has 2 heterocycles. The third-order valence-electron chi connectivity index (χ3n) is 1.97. The summed E-state index contributed by atoms with van der Waals surface area (Å²) in [7, 11) is 1.23. The van der Waals surface area contributed by atoms with Crippen LogP contribution in [0.25, 0.3) is 11.4 Å². The van der Waals surface area contributed by atoms with E-state index in [1.54, 1.807) is 0 Å². The number of halogens is 2. The normalized spacial score (nSPS) is 10.3. The standard InChI is InChI=1S/C9H6Cl2N4O2/c1-17-9(16)8-7(11)4(10)2-5(13-8)6-3-12-15-14-6/h2-3H,1H3,(H,12,14,15). The van der Waals surface area contributed by atoms with Crippen LogP contribution in [0.2, 0.25) is 10.0 Å². The van der Waals surface area contributed by atoms with E-state index in [2.05, 4.69) is 25.1 Å². The number of carbonyl (C=O) groups excluding carboxylic acids is 1. The quantitative estimate of drug-likeness (QED) is 0.846. The second kappa shape index (κ2) is 4.68. The Morgan fingerprint density at radius 3 is 2.76 bits per heavy atom. The first kappa shape index (κ1) is 11.8. The first-order valence-corrected chi connectivity index (χ1v) is 5.19. The van der Waals surface area contributed by atoms with Crippen molar-refractivity contribution < 1.29 is 9.53 Å². The van der Waals surface area contributed by atoms with Gasteiger partial charge in [-0.05, 0) is 6.07 Å². The minimum atomic E-state index is -0.665. The van der Waals surface area contributed by atoms with Crippen LogP contribution in [-0.4, -0.2) is 33.5 Å². The lowest BCUT2D eigenvalue weighted by molar-refractivity contribution is 0.0594. The van der Waals surface area contributed by atoms with Gasteiger partial charge in [0.1, 0.15) is 5.69 Å². The molecule has 0 spiro atoms. The number of aromatic amines is 1. The summed E-state index contributed by atoms with van der Waals surface area (Å²) in [5.74, 6) is -0.665. The predicted molar refractivity (Wildman–Crippen MR) is 61.0 cm³/mol. The molecule has 2 aromatic rings. The predicted octanol–water partition coefficient (Wildman–Crippen LogP) is 1.96. The molecule has 0 saturated heterocycles. The van der Waals surface area contributed by atoms with Crippen molar-refractivity contribution in [2.75, 3.05) is 7.11 Å². The third kappa shape index (κ3) is 2.22. The van der Waals surface area contributed by atoms with Crippen LogP contribution in [-0.2, 0) is 4.74 Å². The van der Waals surface area contributed by atoms with E-state index >= 15 is 0 Å². The fraction of sp³-hybridized carbons (Fsp3) is 0.111. The van der Waals surface area contributed by atoms with Gasteiger partial charge in [0.2, 0.25) is 0 Å². The van der Waals surface area contributed by atoms with E-state index in [0.717, 1.165) is 0 Å². The summed E-state index contributed by atoms with van der Waals surface area (Å²) in [6.45, 7) is 0. The number of ether oxygens (including phenoxy) is 1. The first-order chi connectivity index (χ1) is 8.13. The zero-order valence-corrected chi connectivity index (χ0v) is 10.1. The molecule has 88 valence electrons. The van der Waals surface area contributed by atoms with Gasteiger partial charge in [0.15, 0.2) is 5.69 Å². The fourth-order valence-electron chi connectivity index (χ4n) is 1.19. The van der Waals surface area contributed by atoms with Crippen molar-refractivity contribution in [1.29, 1.82) is 0 Å². The van der Waals surface area contributed by atoms with Gasteiger partial charge in [0, 0.05) is 0 Å². The SMILES string of the molecule is COC(=O)c1nc(-c2cn[nH]n2)cc(Cl)c1Cl. The second-order valence-corrected chi connectivity index (χ2v) is 3.78. The van der Waals surface area contributed by atoms with Crippen LogP contribution in [0.3, 0.4) is 0 Å². The summed E-state index contributed by atoms with van der Waals surface area (Å²) in [6, 6.07) is 1.49. The lowest BCUT2D eigenvalue weighted by atomic mass is 10.2. The number of rotatable bonds is 2. The lowest BCUT2D eigenvalue weighted by Crippen LogP contribution is -2.06. The molecule has 17 heavy (non-hydrogen) atoms. The van der Waals surface area contributed by atoms with E-state index in [1.165, 1.54) is 19.4 Å². The number of hydrogen-bond donors (Lipinski definition) is 1. The molecule has 0 atom stereocenters. The maximum atomic E-state index is 11.4. The van der Waals surface area contributed by atoms with Crippen LogP contribution in [0.15, 0.2) is 12.3 Å². The highest BCUT2D eigenvalue weighted by molar-refractivity contribution is 6.43. The van der Waals surface area contributed by atoms with Gasteiger partial charge in [-0.25, -0.2) is 9.78 Å². The molecule has 1 N–H and O–H groups in total. The van der Waals surface area contributed by atoms with Crippen LogP contribution in [0.4, 0.5) is 0 Å². The number of hydrogen-bond acceptors (Lipinski definition) is 5. The van der Waals surface area contributed by atoms with Crippen molar-refractivity contribution in [1.82, 2.24) is 20.4 Å². The van der Waals surface area contributed by atoms with Crippen LogP contribution < -0.4 is 0 Å².